The molecule has 0 bridgehead atoms. The molecule has 0 saturated carbocycles. The number of nitrogens with one attached hydrogen (secondary N) is 1. The van der Waals surface area contributed by atoms with E-state index in [0.29, 0.717) is 29.2 Å². The Morgan fingerprint density at radius 3 is 2.57 bits per heavy atom. The molecule has 4 rings (SSSR count). The van der Waals surface area contributed by atoms with Crippen molar-refractivity contribution < 1.29 is 9.53 Å². The lowest BCUT2D eigenvalue weighted by Gasteiger charge is -2.09. The Balaban J connectivity index is 1.48. The molecule has 1 N–H and O–H groups in total. The maximum atomic E-state index is 12.8. The average Bonchev–Trinajstić information content (AvgIpc) is 3.20. The third kappa shape index (κ3) is 4.22. The lowest BCUT2D eigenvalue weighted by molar-refractivity contribution is 0.102. The van der Waals surface area contributed by atoms with Crippen LogP contribution in [0.1, 0.15) is 28.5 Å². The van der Waals surface area contributed by atoms with Gasteiger partial charge in [-0.15, -0.1) is 0 Å². The predicted molar refractivity (Wildman–Crippen MR) is 116 cm³/mol. The van der Waals surface area contributed by atoms with Crippen LogP contribution in [0.25, 0.3) is 5.82 Å². The molecule has 2 aromatic heterocycles. The highest BCUT2D eigenvalue weighted by Gasteiger charge is 2.17. The van der Waals surface area contributed by atoms with Crippen LogP contribution in [0.15, 0.2) is 79.1 Å². The molecule has 0 aliphatic rings. The van der Waals surface area contributed by atoms with Crippen molar-refractivity contribution in [3.63, 3.8) is 0 Å². The molecule has 0 atom stereocenters. The van der Waals surface area contributed by atoms with Crippen molar-refractivity contribution in [2.24, 2.45) is 0 Å². The smallest absolute Gasteiger partial charge is 0.259 e. The molecule has 0 spiro atoms. The van der Waals surface area contributed by atoms with Gasteiger partial charge in [0.2, 0.25) is 0 Å². The van der Waals surface area contributed by atoms with E-state index in [1.54, 1.807) is 17.1 Å². The summed E-state index contributed by atoms with van der Waals surface area (Å²) in [6.07, 6.45) is 3.94. The summed E-state index contributed by atoms with van der Waals surface area (Å²) in [5, 5.41) is 7.29. The second-order valence-electron chi connectivity index (χ2n) is 6.86. The van der Waals surface area contributed by atoms with Gasteiger partial charge < -0.3 is 10.1 Å². The molecule has 0 saturated heterocycles. The number of amides is 1. The largest absolute Gasteiger partial charge is 0.457 e. The number of hydrogen-bond acceptors (Lipinski definition) is 4. The fourth-order valence-electron chi connectivity index (χ4n) is 3.20. The van der Waals surface area contributed by atoms with Crippen molar-refractivity contribution in [1.82, 2.24) is 14.8 Å². The molecule has 0 aliphatic heterocycles. The number of pyridine rings is 1. The highest BCUT2D eigenvalue weighted by molar-refractivity contribution is 6.05. The number of carbonyl (C=O) groups is 1. The summed E-state index contributed by atoms with van der Waals surface area (Å²) in [5.41, 5.74) is 3.16. The molecule has 0 aliphatic carbocycles. The highest BCUT2D eigenvalue weighted by Crippen LogP contribution is 2.24. The molecule has 150 valence electrons. The zero-order valence-electron chi connectivity index (χ0n) is 16.9. The standard InChI is InChI=1S/C24H22N4O2/c1-3-22-21(16-26-28(22)23-9-4-5-14-25-23)24(29)27-18-10-12-19(13-11-18)30-20-8-6-7-17(2)15-20/h4-16H,3H2,1-2H3,(H,27,29). The zero-order valence-corrected chi connectivity index (χ0v) is 16.9. The van der Waals surface area contributed by atoms with E-state index < -0.39 is 0 Å². The summed E-state index contributed by atoms with van der Waals surface area (Å²) >= 11 is 0. The molecule has 6 heteroatoms. The Labute approximate surface area is 175 Å². The second kappa shape index (κ2) is 8.61. The molecule has 1 amide bonds. The molecule has 4 aromatic rings. The predicted octanol–water partition coefficient (Wildman–Crippen LogP) is 5.18. The van der Waals surface area contributed by atoms with Gasteiger partial charge in [-0.3, -0.25) is 4.79 Å². The molecule has 6 nitrogen and oxygen atoms in total. The fraction of sp³-hybridized carbons (Fsp3) is 0.125. The van der Waals surface area contributed by atoms with E-state index >= 15 is 0 Å². The van der Waals surface area contributed by atoms with Gasteiger partial charge in [0.1, 0.15) is 11.5 Å². The molecular weight excluding hydrogens is 376 g/mol. The number of hydrogen-bond donors (Lipinski definition) is 1. The van der Waals surface area contributed by atoms with Gasteiger partial charge in [-0.05, 0) is 67.4 Å². The number of aryl methyl sites for hydroxylation is 1. The first-order valence-electron chi connectivity index (χ1n) is 9.78. The summed E-state index contributed by atoms with van der Waals surface area (Å²) in [5.74, 6) is 1.96. The van der Waals surface area contributed by atoms with E-state index in [4.69, 9.17) is 4.74 Å². The number of anilines is 1. The molecule has 2 heterocycles. The van der Waals surface area contributed by atoms with E-state index in [2.05, 4.69) is 15.4 Å². The number of carbonyl (C=O) groups excluding carboxylic acids is 1. The first kappa shape index (κ1) is 19.4. The van der Waals surface area contributed by atoms with Crippen LogP contribution in [-0.2, 0) is 6.42 Å². The molecular formula is C24H22N4O2. The normalized spacial score (nSPS) is 10.6. The number of rotatable bonds is 6. The van der Waals surface area contributed by atoms with Gasteiger partial charge >= 0.3 is 0 Å². The van der Waals surface area contributed by atoms with Gasteiger partial charge in [-0.1, -0.05) is 25.1 Å². The van der Waals surface area contributed by atoms with Crippen LogP contribution in [0.5, 0.6) is 11.5 Å². The summed E-state index contributed by atoms with van der Waals surface area (Å²) in [6.45, 7) is 4.01. The van der Waals surface area contributed by atoms with Gasteiger partial charge in [0.15, 0.2) is 5.82 Å². The molecule has 0 fully saturated rings. The summed E-state index contributed by atoms with van der Waals surface area (Å²) in [7, 11) is 0. The van der Waals surface area contributed by atoms with Crippen LogP contribution >= 0.6 is 0 Å². The van der Waals surface area contributed by atoms with E-state index in [1.165, 1.54) is 0 Å². The van der Waals surface area contributed by atoms with Crippen molar-refractivity contribution in [2.45, 2.75) is 20.3 Å². The minimum absolute atomic E-state index is 0.207. The van der Waals surface area contributed by atoms with E-state index in [1.807, 2.05) is 80.6 Å². The van der Waals surface area contributed by atoms with Crippen LogP contribution in [0.3, 0.4) is 0 Å². The molecule has 2 aromatic carbocycles. The molecule has 30 heavy (non-hydrogen) atoms. The minimum Gasteiger partial charge on any atom is -0.457 e. The van der Waals surface area contributed by atoms with Crippen molar-refractivity contribution in [3.8, 4) is 17.3 Å². The Hall–Kier alpha value is -3.93. The van der Waals surface area contributed by atoms with Crippen LogP contribution in [0, 0.1) is 6.92 Å². The van der Waals surface area contributed by atoms with Crippen LogP contribution in [0.2, 0.25) is 0 Å². The van der Waals surface area contributed by atoms with Crippen LogP contribution < -0.4 is 10.1 Å². The maximum Gasteiger partial charge on any atom is 0.259 e. The topological polar surface area (TPSA) is 69.0 Å². The second-order valence-corrected chi connectivity index (χ2v) is 6.86. The third-order valence-corrected chi connectivity index (χ3v) is 4.65. The zero-order chi connectivity index (χ0) is 20.9. The number of ether oxygens (including phenoxy) is 1. The number of benzene rings is 2. The Morgan fingerprint density at radius 2 is 1.87 bits per heavy atom. The van der Waals surface area contributed by atoms with E-state index in [0.717, 1.165) is 17.0 Å². The van der Waals surface area contributed by atoms with Crippen molar-refractivity contribution >= 4 is 11.6 Å². The van der Waals surface area contributed by atoms with Crippen molar-refractivity contribution in [2.75, 3.05) is 5.32 Å². The van der Waals surface area contributed by atoms with Gasteiger partial charge in [0.25, 0.3) is 5.91 Å². The van der Waals surface area contributed by atoms with Crippen LogP contribution in [0.4, 0.5) is 5.69 Å². The van der Waals surface area contributed by atoms with E-state index in [-0.39, 0.29) is 5.91 Å². The van der Waals surface area contributed by atoms with Crippen molar-refractivity contribution in [1.29, 1.82) is 0 Å². The molecule has 0 unspecified atom stereocenters. The Morgan fingerprint density at radius 1 is 1.03 bits per heavy atom. The Kier molecular flexibility index (Phi) is 5.57. The van der Waals surface area contributed by atoms with Gasteiger partial charge in [-0.25, -0.2) is 9.67 Å². The third-order valence-electron chi connectivity index (χ3n) is 4.65. The fourth-order valence-corrected chi connectivity index (χ4v) is 3.20. The first-order chi connectivity index (χ1) is 14.6. The van der Waals surface area contributed by atoms with Gasteiger partial charge in [0, 0.05) is 11.9 Å². The maximum absolute atomic E-state index is 12.8. The average molecular weight is 398 g/mol. The SMILES string of the molecule is CCc1c(C(=O)Nc2ccc(Oc3cccc(C)c3)cc2)cnn1-c1ccccn1. The van der Waals surface area contributed by atoms with Gasteiger partial charge in [0.05, 0.1) is 17.5 Å². The lowest BCUT2D eigenvalue weighted by atomic mass is 10.2. The summed E-state index contributed by atoms with van der Waals surface area (Å²) < 4.78 is 7.56. The lowest BCUT2D eigenvalue weighted by Crippen LogP contribution is -2.14. The highest BCUT2D eigenvalue weighted by atomic mass is 16.5. The first-order valence-corrected chi connectivity index (χ1v) is 9.78. The van der Waals surface area contributed by atoms with Gasteiger partial charge in [-0.2, -0.15) is 5.10 Å². The minimum atomic E-state index is -0.207. The Bertz CT molecular complexity index is 1150. The number of nitrogens with zero attached hydrogens (tertiary/aromatic N) is 3. The quantitative estimate of drug-likeness (QED) is 0.486. The number of aromatic nitrogens is 3. The summed E-state index contributed by atoms with van der Waals surface area (Å²) in [6, 6.07) is 20.8. The summed E-state index contributed by atoms with van der Waals surface area (Å²) in [4.78, 5) is 17.2. The monoisotopic (exact) mass is 398 g/mol. The van der Waals surface area contributed by atoms with Crippen molar-refractivity contribution in [3.05, 3.63) is 95.9 Å². The van der Waals surface area contributed by atoms with E-state index in [9.17, 15) is 4.79 Å². The van der Waals surface area contributed by atoms with Crippen LogP contribution in [-0.4, -0.2) is 20.7 Å². The molecule has 0 radical (unpaired) electrons.